The minimum absolute atomic E-state index is 0. The Morgan fingerprint density at radius 3 is 1.68 bits per heavy atom. The van der Waals surface area contributed by atoms with Crippen LogP contribution in [0, 0.1) is 6.07 Å². The number of phenolic OH excluding ortho intramolecular Hbond substituents is 1. The molecule has 3 nitrogen and oxygen atoms in total. The molecule has 0 aliphatic carbocycles. The van der Waals surface area contributed by atoms with E-state index in [0.717, 1.165) is 72.7 Å². The molecule has 1 unspecified atom stereocenters. The molecule has 6 aromatic carbocycles. The van der Waals surface area contributed by atoms with E-state index in [1.165, 1.54) is 22.3 Å². The molecule has 1 atom stereocenters. The van der Waals surface area contributed by atoms with Crippen LogP contribution in [0.3, 0.4) is 0 Å². The average molecular weight is 1010 g/mol. The first-order chi connectivity index (χ1) is 29.2. The molecule has 0 fully saturated rings. The van der Waals surface area contributed by atoms with E-state index >= 15 is 0 Å². The summed E-state index contributed by atoms with van der Waals surface area (Å²) in [4.78, 5) is 10.6. The van der Waals surface area contributed by atoms with E-state index in [0.29, 0.717) is 5.75 Å². The van der Waals surface area contributed by atoms with Crippen LogP contribution in [-0.2, 0) is 42.7 Å². The molecule has 7 aromatic rings. The Morgan fingerprint density at radius 1 is 0.476 bits per heavy atom. The van der Waals surface area contributed by atoms with Gasteiger partial charge in [-0.15, -0.1) is 29.3 Å². The number of para-hydroxylation sites is 1. The third-order valence-corrected chi connectivity index (χ3v) is 12.4. The van der Waals surface area contributed by atoms with Gasteiger partial charge in [0.2, 0.25) is 0 Å². The first kappa shape index (κ1) is 45.6. The normalized spacial score (nSPS) is 14.2. The number of phenols is 1. The zero-order valence-electron chi connectivity index (χ0n) is 39.0. The van der Waals surface area contributed by atoms with Crippen LogP contribution in [0.25, 0.3) is 44.6 Å². The van der Waals surface area contributed by atoms with Crippen LogP contribution in [-0.4, -0.2) is 15.8 Å². The maximum Gasteiger partial charge on any atom is 0.128 e. The molecule has 1 aliphatic rings. The van der Waals surface area contributed by atoms with E-state index in [-0.39, 0.29) is 48.6 Å². The summed E-state index contributed by atoms with van der Waals surface area (Å²) < 4.78 is 0. The summed E-state index contributed by atoms with van der Waals surface area (Å²) in [6.07, 6.45) is 1.90. The largest absolute Gasteiger partial charge is 0.507 e. The van der Waals surface area contributed by atoms with Gasteiger partial charge in [-0.2, -0.15) is 0 Å². The fourth-order valence-electron chi connectivity index (χ4n) is 8.65. The summed E-state index contributed by atoms with van der Waals surface area (Å²) in [7, 11) is 0. The summed E-state index contributed by atoms with van der Waals surface area (Å²) in [6.45, 7) is 26.9. The van der Waals surface area contributed by atoms with Crippen molar-refractivity contribution in [1.29, 1.82) is 0 Å². The minimum Gasteiger partial charge on any atom is -0.507 e. The second-order valence-electron chi connectivity index (χ2n) is 21.3. The van der Waals surface area contributed by atoms with Crippen molar-refractivity contribution in [3.05, 3.63) is 185 Å². The second-order valence-corrected chi connectivity index (χ2v) is 21.3. The number of nitrogens with zero attached hydrogens (tertiary/aromatic N) is 2. The van der Waals surface area contributed by atoms with Crippen molar-refractivity contribution < 1.29 is 26.2 Å². The number of hydrogen-bond donors (Lipinski definition) is 1. The van der Waals surface area contributed by atoms with Gasteiger partial charge in [0.25, 0.3) is 0 Å². The van der Waals surface area contributed by atoms with Gasteiger partial charge >= 0.3 is 0 Å². The van der Waals surface area contributed by atoms with Crippen LogP contribution in [0.5, 0.6) is 5.75 Å². The van der Waals surface area contributed by atoms with E-state index in [2.05, 4.69) is 217 Å². The molecule has 0 saturated heterocycles. The monoisotopic (exact) mass is 1010 g/mol. The fourth-order valence-corrected chi connectivity index (χ4v) is 8.65. The van der Waals surface area contributed by atoms with Gasteiger partial charge in [-0.25, -0.2) is 0 Å². The van der Waals surface area contributed by atoms with Gasteiger partial charge in [0.15, 0.2) is 0 Å². The van der Waals surface area contributed by atoms with Crippen molar-refractivity contribution in [2.24, 2.45) is 4.99 Å². The number of pyridine rings is 1. The van der Waals surface area contributed by atoms with Crippen LogP contribution in [0.2, 0.25) is 0 Å². The predicted molar refractivity (Wildman–Crippen MR) is 262 cm³/mol. The van der Waals surface area contributed by atoms with Crippen LogP contribution < -0.4 is 0 Å². The van der Waals surface area contributed by atoms with E-state index in [1.54, 1.807) is 0 Å². The van der Waals surface area contributed by atoms with Gasteiger partial charge in [0, 0.05) is 49.8 Å². The summed E-state index contributed by atoms with van der Waals surface area (Å²) in [5.41, 5.74) is 17.1. The Morgan fingerprint density at radius 2 is 1.06 bits per heavy atom. The Kier molecular flexibility index (Phi) is 12.3. The number of benzene rings is 6. The molecule has 0 radical (unpaired) electrons. The summed E-state index contributed by atoms with van der Waals surface area (Å²) in [6, 6.07) is 51.8. The van der Waals surface area contributed by atoms with Crippen molar-refractivity contribution in [1.82, 2.24) is 4.98 Å². The van der Waals surface area contributed by atoms with Crippen molar-refractivity contribution in [2.75, 3.05) is 0 Å². The van der Waals surface area contributed by atoms with E-state index in [4.69, 9.17) is 9.98 Å². The van der Waals surface area contributed by atoms with Gasteiger partial charge < -0.3 is 5.11 Å². The van der Waals surface area contributed by atoms with Crippen molar-refractivity contribution >= 4 is 11.4 Å². The van der Waals surface area contributed by atoms with E-state index in [1.807, 2.05) is 12.3 Å². The third kappa shape index (κ3) is 9.19. The SMILES string of the molecule is CC(C)(C)c1cc(-c2cc(-c3ccccc3)ccn2)[c-]c(-c2cccc3c2N=C(c2cc(C(C)(C)C)cc(C(C)(C)C)c2O)C3c2ccc(C(C)(C)C)cc2-c2ccccc2)c1.[Pt]. The molecule has 4 heteroatoms. The van der Waals surface area contributed by atoms with Gasteiger partial charge in [0.05, 0.1) is 11.6 Å². The Bertz CT molecular complexity index is 2830. The summed E-state index contributed by atoms with van der Waals surface area (Å²) in [5.74, 6) is 0.0294. The van der Waals surface area contributed by atoms with E-state index < -0.39 is 0 Å². The van der Waals surface area contributed by atoms with Gasteiger partial charge in [-0.05, 0) is 78.3 Å². The molecule has 1 aromatic heterocycles. The van der Waals surface area contributed by atoms with Crippen molar-refractivity contribution in [3.8, 4) is 50.4 Å². The predicted octanol–water partition coefficient (Wildman–Crippen LogP) is 15.7. The Labute approximate surface area is 391 Å². The molecule has 0 amide bonds. The Hall–Kier alpha value is -5.37. The molecular formula is C59H61N2OPt-. The van der Waals surface area contributed by atoms with Crippen LogP contribution >= 0.6 is 0 Å². The minimum atomic E-state index is -0.305. The summed E-state index contributed by atoms with van der Waals surface area (Å²) in [5, 5.41) is 12.5. The average Bonchev–Trinajstić information content (AvgIpc) is 3.62. The number of aromatic hydroxyl groups is 1. The standard InChI is InChI=1S/C59H61N2O.Pt/c1-56(2,3)42-26-27-46(48(34-42)38-22-17-14-18-23-38)52-47-25-19-24-45(53(47)61-54(52)49-35-44(58(7,8)9)36-50(55(49)62)59(10,11)12)40-30-41(32-43(31-40)57(4,5)6)51-33-39(28-29-60-51)37-20-15-13-16-21-37;/h13-29,31-36,52,62H,1-12H3;/q-1;. The van der Waals surface area contributed by atoms with Crippen molar-refractivity contribution in [2.45, 2.75) is 111 Å². The van der Waals surface area contributed by atoms with Crippen molar-refractivity contribution in [3.63, 3.8) is 0 Å². The molecule has 0 spiro atoms. The second kappa shape index (κ2) is 17.0. The third-order valence-electron chi connectivity index (χ3n) is 12.4. The summed E-state index contributed by atoms with van der Waals surface area (Å²) >= 11 is 0. The maximum atomic E-state index is 12.5. The first-order valence-electron chi connectivity index (χ1n) is 22.1. The number of aliphatic imine (C=N–C) groups is 1. The number of aromatic nitrogens is 1. The van der Waals surface area contributed by atoms with Gasteiger partial charge in [0.1, 0.15) is 5.75 Å². The molecule has 1 N–H and O–H groups in total. The smallest absolute Gasteiger partial charge is 0.128 e. The molecule has 8 rings (SSSR count). The maximum absolute atomic E-state index is 12.5. The number of fused-ring (bicyclic) bond motifs is 1. The molecule has 324 valence electrons. The van der Waals surface area contributed by atoms with Gasteiger partial charge in [-0.3, -0.25) is 9.98 Å². The van der Waals surface area contributed by atoms with Crippen LogP contribution in [0.4, 0.5) is 5.69 Å². The molecule has 0 bridgehead atoms. The zero-order chi connectivity index (χ0) is 44.4. The molecule has 2 heterocycles. The Balaban J connectivity index is 0.00000595. The van der Waals surface area contributed by atoms with Crippen LogP contribution in [0.1, 0.15) is 128 Å². The van der Waals surface area contributed by atoms with E-state index in [9.17, 15) is 5.11 Å². The molecule has 63 heavy (non-hydrogen) atoms. The topological polar surface area (TPSA) is 45.5 Å². The molecule has 0 saturated carbocycles. The van der Waals surface area contributed by atoms with Gasteiger partial charge in [-0.1, -0.05) is 203 Å². The zero-order valence-corrected chi connectivity index (χ0v) is 41.3. The quantitative estimate of drug-likeness (QED) is 0.169. The molecule has 1 aliphatic heterocycles. The fraction of sp³-hybridized carbons (Fsp3) is 0.288. The first-order valence-corrected chi connectivity index (χ1v) is 22.1. The number of hydrogen-bond acceptors (Lipinski definition) is 3. The number of rotatable bonds is 6. The van der Waals surface area contributed by atoms with Crippen LogP contribution in [0.15, 0.2) is 145 Å². The molecular weight excluding hydrogens is 948 g/mol.